The second-order valence-corrected chi connectivity index (χ2v) is 5.56. The Kier molecular flexibility index (Phi) is 4.87. The molecule has 2 aromatic rings. The van der Waals surface area contributed by atoms with Crippen molar-refractivity contribution in [2.24, 2.45) is 0 Å². The number of carbonyl (C=O) groups is 2. The highest BCUT2D eigenvalue weighted by atomic mass is 79.9. The number of halogens is 2. The zero-order chi connectivity index (χ0) is 16.3. The number of nitrogens with one attached hydrogen (secondary N) is 1. The van der Waals surface area contributed by atoms with Gasteiger partial charge in [-0.15, -0.1) is 0 Å². The number of rotatable bonds is 3. The minimum absolute atomic E-state index is 0.223. The molecule has 2 rings (SSSR count). The maximum Gasteiger partial charge on any atom is 0.272 e. The highest BCUT2D eigenvalue weighted by Crippen LogP contribution is 2.20. The smallest absolute Gasteiger partial charge is 0.272 e. The summed E-state index contributed by atoms with van der Waals surface area (Å²) < 4.78 is 13.4. The highest BCUT2D eigenvalue weighted by molar-refractivity contribution is 9.10. The third-order valence-electron chi connectivity index (χ3n) is 2.82. The monoisotopic (exact) mass is 365 g/mol. The van der Waals surface area contributed by atoms with E-state index in [1.165, 1.54) is 35.4 Å². The van der Waals surface area contributed by atoms with Crippen LogP contribution in [0.1, 0.15) is 20.8 Å². The molecule has 1 aromatic heterocycles. The molecule has 0 saturated carbocycles. The quantitative estimate of drug-likeness (QED) is 0.909. The highest BCUT2D eigenvalue weighted by Gasteiger charge is 2.13. The molecule has 114 valence electrons. The number of hydrogen-bond acceptors (Lipinski definition) is 3. The fraction of sp³-hybridized carbons (Fsp3) is 0.133. The third-order valence-corrected chi connectivity index (χ3v) is 3.47. The van der Waals surface area contributed by atoms with Gasteiger partial charge in [-0.25, -0.2) is 4.39 Å². The molecule has 5 nitrogen and oxygen atoms in total. The van der Waals surface area contributed by atoms with Crippen LogP contribution in [-0.2, 0) is 0 Å². The number of pyridine rings is 1. The zero-order valence-corrected chi connectivity index (χ0v) is 13.5. The van der Waals surface area contributed by atoms with Gasteiger partial charge in [0.2, 0.25) is 0 Å². The molecule has 7 heteroatoms. The Labute approximate surface area is 135 Å². The second kappa shape index (κ2) is 6.65. The normalized spacial score (nSPS) is 10.2. The van der Waals surface area contributed by atoms with Crippen LogP contribution in [0.5, 0.6) is 0 Å². The van der Waals surface area contributed by atoms with Crippen LogP contribution in [0.2, 0.25) is 0 Å². The van der Waals surface area contributed by atoms with E-state index in [0.29, 0.717) is 15.7 Å². The fourth-order valence-corrected chi connectivity index (χ4v) is 2.26. The van der Waals surface area contributed by atoms with Crippen LogP contribution in [0.25, 0.3) is 0 Å². The molecule has 0 saturated heterocycles. The van der Waals surface area contributed by atoms with E-state index in [4.69, 9.17) is 0 Å². The Bertz CT molecular complexity index is 734. The van der Waals surface area contributed by atoms with Gasteiger partial charge in [-0.2, -0.15) is 0 Å². The molecule has 1 aromatic carbocycles. The topological polar surface area (TPSA) is 62.3 Å². The van der Waals surface area contributed by atoms with Crippen molar-refractivity contribution in [3.05, 3.63) is 58.1 Å². The number of anilines is 1. The van der Waals surface area contributed by atoms with Crippen LogP contribution in [0.3, 0.4) is 0 Å². The first kappa shape index (κ1) is 16.1. The molecule has 1 N–H and O–H groups in total. The first-order chi connectivity index (χ1) is 10.4. The first-order valence-corrected chi connectivity index (χ1v) is 7.12. The molecule has 0 fully saturated rings. The van der Waals surface area contributed by atoms with Gasteiger partial charge in [0.25, 0.3) is 11.8 Å². The molecule has 0 aliphatic rings. The van der Waals surface area contributed by atoms with Gasteiger partial charge >= 0.3 is 0 Å². The van der Waals surface area contributed by atoms with Crippen molar-refractivity contribution in [2.75, 3.05) is 19.4 Å². The Morgan fingerprint density at radius 3 is 2.59 bits per heavy atom. The van der Waals surface area contributed by atoms with Gasteiger partial charge in [-0.1, -0.05) is 0 Å². The van der Waals surface area contributed by atoms with E-state index in [1.54, 1.807) is 20.2 Å². The minimum Gasteiger partial charge on any atom is -0.343 e. The average Bonchev–Trinajstić information content (AvgIpc) is 2.46. The largest absolute Gasteiger partial charge is 0.343 e. The molecule has 0 aliphatic carbocycles. The van der Waals surface area contributed by atoms with Gasteiger partial charge < -0.3 is 10.2 Å². The van der Waals surface area contributed by atoms with Crippen molar-refractivity contribution < 1.29 is 14.0 Å². The Hall–Kier alpha value is -2.28. The Balaban J connectivity index is 2.22. The number of benzene rings is 1. The predicted molar refractivity (Wildman–Crippen MR) is 84.3 cm³/mol. The fourth-order valence-electron chi connectivity index (χ4n) is 1.73. The minimum atomic E-state index is -0.439. The molecule has 0 radical (unpaired) electrons. The summed E-state index contributed by atoms with van der Waals surface area (Å²) in [7, 11) is 3.23. The van der Waals surface area contributed by atoms with Crippen LogP contribution in [0.4, 0.5) is 10.1 Å². The van der Waals surface area contributed by atoms with Crippen molar-refractivity contribution in [3.8, 4) is 0 Å². The molecule has 1 heterocycles. The molecule has 0 unspecified atom stereocenters. The molecule has 22 heavy (non-hydrogen) atoms. The maximum absolute atomic E-state index is 13.0. The number of amides is 2. The van der Waals surface area contributed by atoms with Crippen molar-refractivity contribution in [1.82, 2.24) is 9.88 Å². The SMILES string of the molecule is CN(C)C(=O)c1cc(NC(=O)c2ccc(F)cc2Br)ccn1. The lowest BCUT2D eigenvalue weighted by Gasteiger charge is -2.11. The summed E-state index contributed by atoms with van der Waals surface area (Å²) in [5.41, 5.74) is 0.945. The van der Waals surface area contributed by atoms with Crippen LogP contribution in [0.15, 0.2) is 41.0 Å². The van der Waals surface area contributed by atoms with Gasteiger partial charge in [-0.3, -0.25) is 14.6 Å². The number of nitrogens with zero attached hydrogens (tertiary/aromatic N) is 2. The molecule has 2 amide bonds. The average molecular weight is 366 g/mol. The van der Waals surface area contributed by atoms with Crippen LogP contribution in [0, 0.1) is 5.82 Å². The number of hydrogen-bond donors (Lipinski definition) is 1. The summed E-state index contributed by atoms with van der Waals surface area (Å²) in [5.74, 6) is -1.12. The van der Waals surface area contributed by atoms with Crippen LogP contribution >= 0.6 is 15.9 Å². The Morgan fingerprint density at radius 1 is 1.23 bits per heavy atom. The summed E-state index contributed by atoms with van der Waals surface area (Å²) in [6.07, 6.45) is 1.44. The van der Waals surface area contributed by atoms with Crippen molar-refractivity contribution in [1.29, 1.82) is 0 Å². The maximum atomic E-state index is 13.0. The number of aromatic nitrogens is 1. The van der Waals surface area contributed by atoms with Crippen molar-refractivity contribution in [3.63, 3.8) is 0 Å². The van der Waals surface area contributed by atoms with E-state index in [0.717, 1.165) is 0 Å². The molecule has 0 bridgehead atoms. The lowest BCUT2D eigenvalue weighted by Crippen LogP contribution is -2.23. The van der Waals surface area contributed by atoms with E-state index in [2.05, 4.69) is 26.2 Å². The van der Waals surface area contributed by atoms with Crippen LogP contribution in [-0.4, -0.2) is 35.8 Å². The lowest BCUT2D eigenvalue weighted by atomic mass is 10.2. The predicted octanol–water partition coefficient (Wildman–Crippen LogP) is 2.94. The van der Waals surface area contributed by atoms with E-state index in [1.807, 2.05) is 0 Å². The molecule has 0 atom stereocenters. The lowest BCUT2D eigenvalue weighted by molar-refractivity contribution is 0.0821. The summed E-state index contributed by atoms with van der Waals surface area (Å²) in [4.78, 5) is 29.4. The van der Waals surface area contributed by atoms with Gasteiger partial charge in [0.15, 0.2) is 0 Å². The van der Waals surface area contributed by atoms with E-state index < -0.39 is 11.7 Å². The standard InChI is InChI=1S/C15H13BrFN3O2/c1-20(2)15(22)13-8-10(5-6-18-13)19-14(21)11-4-3-9(17)7-12(11)16/h3-8H,1-2H3,(H,18,19,21). The molecular formula is C15H13BrFN3O2. The first-order valence-electron chi connectivity index (χ1n) is 6.32. The third kappa shape index (κ3) is 3.67. The number of carbonyl (C=O) groups excluding carboxylic acids is 2. The second-order valence-electron chi connectivity index (χ2n) is 4.71. The van der Waals surface area contributed by atoms with Gasteiger partial charge in [0.05, 0.1) is 5.56 Å². The summed E-state index contributed by atoms with van der Waals surface area (Å²) in [6, 6.07) is 6.84. The van der Waals surface area contributed by atoms with Crippen LogP contribution < -0.4 is 5.32 Å². The molecular weight excluding hydrogens is 353 g/mol. The summed E-state index contributed by atoms with van der Waals surface area (Å²) in [5, 5.41) is 2.65. The van der Waals surface area contributed by atoms with Gasteiger partial charge in [-0.05, 0) is 46.3 Å². The van der Waals surface area contributed by atoms with Crippen molar-refractivity contribution >= 4 is 33.4 Å². The van der Waals surface area contributed by atoms with Gasteiger partial charge in [0.1, 0.15) is 11.5 Å². The van der Waals surface area contributed by atoms with Crippen molar-refractivity contribution in [2.45, 2.75) is 0 Å². The van der Waals surface area contributed by atoms with Gasteiger partial charge in [0, 0.05) is 30.5 Å². The van der Waals surface area contributed by atoms with E-state index in [9.17, 15) is 14.0 Å². The summed E-state index contributed by atoms with van der Waals surface area (Å²) in [6.45, 7) is 0. The van der Waals surface area contributed by atoms with E-state index >= 15 is 0 Å². The molecule has 0 aliphatic heterocycles. The molecule has 0 spiro atoms. The zero-order valence-electron chi connectivity index (χ0n) is 11.9. The summed E-state index contributed by atoms with van der Waals surface area (Å²) >= 11 is 3.14. The van der Waals surface area contributed by atoms with E-state index in [-0.39, 0.29) is 11.6 Å². The Morgan fingerprint density at radius 2 is 1.95 bits per heavy atom.